The summed E-state index contributed by atoms with van der Waals surface area (Å²) in [5.41, 5.74) is 1.43. The first-order valence-electron chi connectivity index (χ1n) is 8.36. The molecule has 1 aromatic carbocycles. The van der Waals surface area contributed by atoms with Crippen LogP contribution in [0, 0.1) is 24.6 Å². The Bertz CT molecular complexity index is 867. The van der Waals surface area contributed by atoms with E-state index in [1.165, 1.54) is 23.5 Å². The van der Waals surface area contributed by atoms with Crippen LogP contribution in [0.15, 0.2) is 24.3 Å². The summed E-state index contributed by atoms with van der Waals surface area (Å²) in [6.45, 7) is 1.87. The highest BCUT2D eigenvalue weighted by Gasteiger charge is 2.55. The zero-order valence-electron chi connectivity index (χ0n) is 13.9. The number of amides is 1. The molecule has 0 aliphatic carbocycles. The molecule has 8 heteroatoms. The van der Waals surface area contributed by atoms with Gasteiger partial charge in [0, 0.05) is 10.4 Å². The van der Waals surface area contributed by atoms with Crippen LogP contribution in [0.1, 0.15) is 17.7 Å². The molecule has 4 atom stereocenters. The number of anilines is 1. The van der Waals surface area contributed by atoms with Crippen molar-refractivity contribution in [1.82, 2.24) is 4.98 Å². The molecule has 0 saturated carbocycles. The number of aliphatic carboxylic acids is 1. The molecule has 2 N–H and O–H groups in total. The summed E-state index contributed by atoms with van der Waals surface area (Å²) in [4.78, 5) is 29.5. The number of ether oxygens (including phenoxy) is 1. The lowest BCUT2D eigenvalue weighted by molar-refractivity contribution is -0.147. The third-order valence-corrected chi connectivity index (χ3v) is 5.89. The lowest BCUT2D eigenvalue weighted by Crippen LogP contribution is -2.40. The van der Waals surface area contributed by atoms with Gasteiger partial charge in [0.1, 0.15) is 5.82 Å². The van der Waals surface area contributed by atoms with Crippen LogP contribution < -0.4 is 5.32 Å². The summed E-state index contributed by atoms with van der Waals surface area (Å²) in [7, 11) is 0. The number of aryl methyl sites for hydroxylation is 1. The number of rotatable bonds is 4. The lowest BCUT2D eigenvalue weighted by Gasteiger charge is -2.23. The Kier molecular flexibility index (Phi) is 4.24. The van der Waals surface area contributed by atoms with Crippen LogP contribution in [0.5, 0.6) is 0 Å². The minimum atomic E-state index is -1.00. The normalized spacial score (nSPS) is 26.8. The van der Waals surface area contributed by atoms with Gasteiger partial charge in [-0.25, -0.2) is 9.37 Å². The Balaban J connectivity index is 1.54. The van der Waals surface area contributed by atoms with Crippen LogP contribution >= 0.6 is 11.3 Å². The number of benzene rings is 1. The minimum absolute atomic E-state index is 0.328. The highest BCUT2D eigenvalue weighted by molar-refractivity contribution is 7.16. The molecular weight excluding hydrogens is 359 g/mol. The van der Waals surface area contributed by atoms with E-state index >= 15 is 0 Å². The van der Waals surface area contributed by atoms with Crippen LogP contribution in [0.2, 0.25) is 0 Å². The van der Waals surface area contributed by atoms with Crippen molar-refractivity contribution in [2.75, 3.05) is 5.32 Å². The largest absolute Gasteiger partial charge is 0.481 e. The van der Waals surface area contributed by atoms with Gasteiger partial charge in [-0.05, 0) is 44.0 Å². The molecule has 3 heterocycles. The van der Waals surface area contributed by atoms with E-state index < -0.39 is 17.8 Å². The number of nitrogens with one attached hydrogen (secondary N) is 1. The van der Waals surface area contributed by atoms with Gasteiger partial charge in [0.05, 0.1) is 29.7 Å². The van der Waals surface area contributed by atoms with E-state index in [4.69, 9.17) is 4.74 Å². The summed E-state index contributed by atoms with van der Waals surface area (Å²) in [5, 5.41) is 12.6. The number of carboxylic acid groups (broad SMARTS) is 1. The van der Waals surface area contributed by atoms with Gasteiger partial charge < -0.3 is 15.2 Å². The monoisotopic (exact) mass is 376 g/mol. The number of thiazole rings is 1. The third kappa shape index (κ3) is 2.89. The number of halogens is 1. The Hall–Kier alpha value is -2.32. The van der Waals surface area contributed by atoms with Crippen molar-refractivity contribution in [1.29, 1.82) is 0 Å². The molecule has 2 fully saturated rings. The molecule has 4 rings (SSSR count). The SMILES string of the molecule is Cc1sc(NC(=O)[C@H]2[C@H](C(=O)O)[C@H]3CC[C@H]2O3)nc1-c1ccc(F)cc1. The Labute approximate surface area is 153 Å². The van der Waals surface area contributed by atoms with Crippen LogP contribution in [0.25, 0.3) is 11.3 Å². The zero-order valence-corrected chi connectivity index (χ0v) is 14.8. The molecule has 26 heavy (non-hydrogen) atoms. The molecule has 2 saturated heterocycles. The van der Waals surface area contributed by atoms with E-state index in [0.717, 1.165) is 10.4 Å². The van der Waals surface area contributed by atoms with Gasteiger partial charge in [0.15, 0.2) is 5.13 Å². The standard InChI is InChI=1S/C18H17FN2O4S/c1-8-15(9-2-4-10(19)5-3-9)20-18(26-8)21-16(22)13-11-6-7-12(25-11)14(13)17(23)24/h2-5,11-14H,6-7H2,1H3,(H,23,24)(H,20,21,22)/t11-,12-,13-,14-/m1/s1. The molecule has 0 spiro atoms. The molecule has 0 unspecified atom stereocenters. The van der Waals surface area contributed by atoms with Gasteiger partial charge in [-0.2, -0.15) is 0 Å². The number of carbonyl (C=O) groups excluding carboxylic acids is 1. The minimum Gasteiger partial charge on any atom is -0.481 e. The van der Waals surface area contributed by atoms with Crippen molar-refractivity contribution in [3.63, 3.8) is 0 Å². The second-order valence-electron chi connectivity index (χ2n) is 6.60. The van der Waals surface area contributed by atoms with Gasteiger partial charge in [0.2, 0.25) is 5.91 Å². The molecule has 1 amide bonds. The third-order valence-electron chi connectivity index (χ3n) is 5.01. The Morgan fingerprint density at radius 2 is 1.88 bits per heavy atom. The van der Waals surface area contributed by atoms with E-state index in [9.17, 15) is 19.1 Å². The van der Waals surface area contributed by atoms with Crippen molar-refractivity contribution in [3.8, 4) is 11.3 Å². The number of carbonyl (C=O) groups is 2. The van der Waals surface area contributed by atoms with E-state index in [-0.39, 0.29) is 23.9 Å². The van der Waals surface area contributed by atoms with Crippen molar-refractivity contribution >= 4 is 28.3 Å². The van der Waals surface area contributed by atoms with E-state index in [1.807, 2.05) is 6.92 Å². The first-order chi connectivity index (χ1) is 12.4. The van der Waals surface area contributed by atoms with E-state index in [0.29, 0.717) is 23.7 Å². The smallest absolute Gasteiger partial charge is 0.310 e. The predicted molar refractivity (Wildman–Crippen MR) is 93.4 cm³/mol. The highest BCUT2D eigenvalue weighted by Crippen LogP contribution is 2.44. The quantitative estimate of drug-likeness (QED) is 0.856. The summed E-state index contributed by atoms with van der Waals surface area (Å²) in [6, 6.07) is 5.98. The maximum absolute atomic E-state index is 13.1. The number of aromatic nitrogens is 1. The van der Waals surface area contributed by atoms with E-state index in [2.05, 4.69) is 10.3 Å². The summed E-state index contributed by atoms with van der Waals surface area (Å²) < 4.78 is 18.7. The van der Waals surface area contributed by atoms with Gasteiger partial charge in [-0.3, -0.25) is 9.59 Å². The lowest BCUT2D eigenvalue weighted by atomic mass is 9.79. The number of hydrogen-bond acceptors (Lipinski definition) is 5. The number of carboxylic acids is 1. The van der Waals surface area contributed by atoms with Crippen molar-refractivity contribution in [2.24, 2.45) is 11.8 Å². The summed E-state index contributed by atoms with van der Waals surface area (Å²) >= 11 is 1.31. The van der Waals surface area contributed by atoms with Gasteiger partial charge in [0.25, 0.3) is 0 Å². The fraction of sp³-hybridized carbons (Fsp3) is 0.389. The van der Waals surface area contributed by atoms with Crippen LogP contribution in [0.3, 0.4) is 0 Å². The molecule has 2 aliphatic rings. The molecule has 6 nitrogen and oxygen atoms in total. The second kappa shape index (κ2) is 6.44. The highest BCUT2D eigenvalue weighted by atomic mass is 32.1. The number of nitrogens with zero attached hydrogens (tertiary/aromatic N) is 1. The van der Waals surface area contributed by atoms with Gasteiger partial charge in [-0.1, -0.05) is 0 Å². The number of fused-ring (bicyclic) bond motifs is 2. The summed E-state index contributed by atoms with van der Waals surface area (Å²) in [5.74, 6) is -3.22. The predicted octanol–water partition coefficient (Wildman–Crippen LogP) is 3.07. The summed E-state index contributed by atoms with van der Waals surface area (Å²) in [6.07, 6.45) is 0.639. The van der Waals surface area contributed by atoms with Gasteiger partial charge >= 0.3 is 5.97 Å². The average molecular weight is 376 g/mol. The maximum atomic E-state index is 13.1. The van der Waals surface area contributed by atoms with Crippen molar-refractivity contribution < 1.29 is 23.8 Å². The topological polar surface area (TPSA) is 88.5 Å². The second-order valence-corrected chi connectivity index (χ2v) is 7.80. The van der Waals surface area contributed by atoms with E-state index in [1.54, 1.807) is 12.1 Å². The zero-order chi connectivity index (χ0) is 18.4. The average Bonchev–Trinajstić information content (AvgIpc) is 3.29. The fourth-order valence-electron chi connectivity index (χ4n) is 3.84. The van der Waals surface area contributed by atoms with Crippen molar-refractivity contribution in [3.05, 3.63) is 35.0 Å². The molecular formula is C18H17FN2O4S. The van der Waals surface area contributed by atoms with Crippen LogP contribution in [0.4, 0.5) is 9.52 Å². The molecule has 0 radical (unpaired) electrons. The molecule has 2 aromatic rings. The first kappa shape index (κ1) is 17.1. The maximum Gasteiger partial charge on any atom is 0.310 e. The first-order valence-corrected chi connectivity index (χ1v) is 9.18. The molecule has 2 aliphatic heterocycles. The Morgan fingerprint density at radius 1 is 1.23 bits per heavy atom. The van der Waals surface area contributed by atoms with Crippen LogP contribution in [-0.4, -0.2) is 34.2 Å². The Morgan fingerprint density at radius 3 is 2.54 bits per heavy atom. The fourth-order valence-corrected chi connectivity index (χ4v) is 4.68. The molecule has 1 aromatic heterocycles. The molecule has 136 valence electrons. The van der Waals surface area contributed by atoms with Crippen molar-refractivity contribution in [2.45, 2.75) is 32.0 Å². The van der Waals surface area contributed by atoms with Crippen LogP contribution in [-0.2, 0) is 14.3 Å². The number of hydrogen-bond donors (Lipinski definition) is 2. The molecule has 2 bridgehead atoms. The van der Waals surface area contributed by atoms with Gasteiger partial charge in [-0.15, -0.1) is 11.3 Å².